The van der Waals surface area contributed by atoms with Crippen LogP contribution in [0.4, 0.5) is 4.39 Å². The predicted octanol–water partition coefficient (Wildman–Crippen LogP) is 3.53. The molecule has 154 valence electrons. The van der Waals surface area contributed by atoms with E-state index in [2.05, 4.69) is 6.92 Å². The minimum absolute atomic E-state index is 0.0148. The summed E-state index contributed by atoms with van der Waals surface area (Å²) in [6.45, 7) is 4.19. The number of hydrogen-bond acceptors (Lipinski definition) is 3. The van der Waals surface area contributed by atoms with Crippen LogP contribution in [-0.4, -0.2) is 54.4 Å². The van der Waals surface area contributed by atoms with Crippen LogP contribution in [0.15, 0.2) is 48.5 Å². The summed E-state index contributed by atoms with van der Waals surface area (Å²) in [6.07, 6.45) is 2.82. The van der Waals surface area contributed by atoms with Gasteiger partial charge in [-0.2, -0.15) is 0 Å². The van der Waals surface area contributed by atoms with Crippen molar-refractivity contribution >= 4 is 11.8 Å². The van der Waals surface area contributed by atoms with Crippen LogP contribution in [0, 0.1) is 5.82 Å². The fraction of sp³-hybridized carbons (Fsp3) is 0.391. The van der Waals surface area contributed by atoms with E-state index in [4.69, 9.17) is 4.74 Å². The topological polar surface area (TPSA) is 49.9 Å². The molecule has 1 fully saturated rings. The SMILES string of the molecule is CCCc1ccc(OCC(=O)N2CCCN(C(=O)c3ccc(F)cc3)CC2)cc1. The number of carbonyl (C=O) groups excluding carboxylic acids is 2. The van der Waals surface area contributed by atoms with Crippen molar-refractivity contribution in [1.82, 2.24) is 9.80 Å². The number of amides is 2. The van der Waals surface area contributed by atoms with Gasteiger partial charge in [-0.1, -0.05) is 25.5 Å². The monoisotopic (exact) mass is 398 g/mol. The highest BCUT2D eigenvalue weighted by Crippen LogP contribution is 2.14. The van der Waals surface area contributed by atoms with Gasteiger partial charge in [0.25, 0.3) is 11.8 Å². The van der Waals surface area contributed by atoms with Gasteiger partial charge in [-0.15, -0.1) is 0 Å². The molecule has 3 rings (SSSR count). The Balaban J connectivity index is 1.50. The van der Waals surface area contributed by atoms with Gasteiger partial charge >= 0.3 is 0 Å². The molecule has 1 saturated heterocycles. The summed E-state index contributed by atoms with van der Waals surface area (Å²) in [7, 11) is 0. The van der Waals surface area contributed by atoms with E-state index in [9.17, 15) is 14.0 Å². The van der Waals surface area contributed by atoms with Crippen LogP contribution in [0.2, 0.25) is 0 Å². The third-order valence-corrected chi connectivity index (χ3v) is 5.05. The standard InChI is InChI=1S/C23H27FN2O3/c1-2-4-18-5-11-21(12-6-18)29-17-22(27)25-13-3-14-26(16-15-25)23(28)19-7-9-20(24)10-8-19/h5-12H,2-4,13-17H2,1H3. The first-order chi connectivity index (χ1) is 14.1. The molecule has 29 heavy (non-hydrogen) atoms. The molecular weight excluding hydrogens is 371 g/mol. The summed E-state index contributed by atoms with van der Waals surface area (Å²) < 4.78 is 18.7. The lowest BCUT2D eigenvalue weighted by molar-refractivity contribution is -0.133. The third kappa shape index (κ3) is 5.79. The van der Waals surface area contributed by atoms with Gasteiger partial charge < -0.3 is 14.5 Å². The highest BCUT2D eigenvalue weighted by atomic mass is 19.1. The number of halogens is 1. The van der Waals surface area contributed by atoms with Crippen LogP contribution in [0.3, 0.4) is 0 Å². The molecule has 0 atom stereocenters. The largest absolute Gasteiger partial charge is 0.484 e. The number of hydrogen-bond donors (Lipinski definition) is 0. The Bertz CT molecular complexity index is 821. The van der Waals surface area contributed by atoms with Crippen molar-refractivity contribution in [2.45, 2.75) is 26.2 Å². The lowest BCUT2D eigenvalue weighted by Gasteiger charge is -2.22. The first-order valence-corrected chi connectivity index (χ1v) is 10.1. The van der Waals surface area contributed by atoms with Crippen LogP contribution < -0.4 is 4.74 Å². The predicted molar refractivity (Wildman–Crippen MR) is 109 cm³/mol. The van der Waals surface area contributed by atoms with Crippen LogP contribution in [0.1, 0.15) is 35.7 Å². The summed E-state index contributed by atoms with van der Waals surface area (Å²) in [5.41, 5.74) is 1.71. The average molecular weight is 398 g/mol. The maximum atomic E-state index is 13.1. The van der Waals surface area contributed by atoms with E-state index >= 15 is 0 Å². The number of rotatable bonds is 6. The van der Waals surface area contributed by atoms with Crippen molar-refractivity contribution in [2.24, 2.45) is 0 Å². The summed E-state index contributed by atoms with van der Waals surface area (Å²) >= 11 is 0. The Kier molecular flexibility index (Phi) is 7.22. The fourth-order valence-electron chi connectivity index (χ4n) is 3.42. The second kappa shape index (κ2) is 10.0. The zero-order chi connectivity index (χ0) is 20.6. The lowest BCUT2D eigenvalue weighted by Crippen LogP contribution is -2.39. The molecule has 0 aromatic heterocycles. The van der Waals surface area contributed by atoms with Crippen LogP contribution in [-0.2, 0) is 11.2 Å². The second-order valence-corrected chi connectivity index (χ2v) is 7.22. The summed E-state index contributed by atoms with van der Waals surface area (Å²) in [5, 5.41) is 0. The Hall–Kier alpha value is -2.89. The molecule has 0 spiro atoms. The molecule has 1 heterocycles. The van der Waals surface area contributed by atoms with Gasteiger partial charge in [-0.05, 0) is 54.8 Å². The molecule has 1 aliphatic heterocycles. The van der Waals surface area contributed by atoms with Crippen molar-refractivity contribution in [2.75, 3.05) is 32.8 Å². The zero-order valence-corrected chi connectivity index (χ0v) is 16.8. The van der Waals surface area contributed by atoms with Gasteiger partial charge in [0, 0.05) is 31.7 Å². The van der Waals surface area contributed by atoms with Crippen LogP contribution >= 0.6 is 0 Å². The van der Waals surface area contributed by atoms with Crippen molar-refractivity contribution in [1.29, 1.82) is 0 Å². The smallest absolute Gasteiger partial charge is 0.260 e. The van der Waals surface area contributed by atoms with Gasteiger partial charge in [0.2, 0.25) is 0 Å². The van der Waals surface area contributed by atoms with Crippen molar-refractivity contribution in [3.63, 3.8) is 0 Å². The van der Waals surface area contributed by atoms with E-state index in [1.807, 2.05) is 24.3 Å². The minimum atomic E-state index is -0.366. The molecule has 2 aromatic rings. The normalized spacial score (nSPS) is 14.4. The molecule has 6 heteroatoms. The number of benzene rings is 2. The van der Waals surface area contributed by atoms with Gasteiger partial charge in [-0.25, -0.2) is 4.39 Å². The maximum absolute atomic E-state index is 13.1. The average Bonchev–Trinajstić information content (AvgIpc) is 3.00. The molecule has 0 unspecified atom stereocenters. The van der Waals surface area contributed by atoms with Gasteiger partial charge in [0.15, 0.2) is 6.61 Å². The van der Waals surface area contributed by atoms with E-state index in [1.54, 1.807) is 9.80 Å². The van der Waals surface area contributed by atoms with E-state index < -0.39 is 0 Å². The number of aryl methyl sites for hydroxylation is 1. The van der Waals surface area contributed by atoms with Crippen molar-refractivity contribution in [3.05, 3.63) is 65.5 Å². The van der Waals surface area contributed by atoms with Gasteiger partial charge in [0.1, 0.15) is 11.6 Å². The fourth-order valence-corrected chi connectivity index (χ4v) is 3.42. The van der Waals surface area contributed by atoms with Gasteiger partial charge in [-0.3, -0.25) is 9.59 Å². The Labute approximate surface area is 171 Å². The lowest BCUT2D eigenvalue weighted by atomic mass is 10.1. The molecule has 1 aliphatic rings. The van der Waals surface area contributed by atoms with Crippen LogP contribution in [0.25, 0.3) is 0 Å². The molecule has 0 saturated carbocycles. The second-order valence-electron chi connectivity index (χ2n) is 7.22. The van der Waals surface area contributed by atoms with E-state index in [1.165, 1.54) is 29.8 Å². The molecule has 0 N–H and O–H groups in total. The summed E-state index contributed by atoms with van der Waals surface area (Å²) in [5.74, 6) is 0.0942. The molecule has 2 aromatic carbocycles. The highest BCUT2D eigenvalue weighted by Gasteiger charge is 2.23. The zero-order valence-electron chi connectivity index (χ0n) is 16.8. The minimum Gasteiger partial charge on any atom is -0.484 e. The third-order valence-electron chi connectivity index (χ3n) is 5.05. The van der Waals surface area contributed by atoms with E-state index in [0.29, 0.717) is 43.9 Å². The van der Waals surface area contributed by atoms with Crippen molar-refractivity contribution < 1.29 is 18.7 Å². The van der Waals surface area contributed by atoms with Crippen LogP contribution in [0.5, 0.6) is 5.75 Å². The maximum Gasteiger partial charge on any atom is 0.260 e. The molecule has 2 amide bonds. The van der Waals surface area contributed by atoms with E-state index in [-0.39, 0.29) is 24.2 Å². The first kappa shape index (κ1) is 20.8. The number of carbonyl (C=O) groups is 2. The Morgan fingerprint density at radius 3 is 2.28 bits per heavy atom. The molecule has 0 aliphatic carbocycles. The molecule has 0 bridgehead atoms. The summed E-state index contributed by atoms with van der Waals surface area (Å²) in [6, 6.07) is 13.4. The van der Waals surface area contributed by atoms with Crippen molar-refractivity contribution in [3.8, 4) is 5.75 Å². The van der Waals surface area contributed by atoms with E-state index in [0.717, 1.165) is 12.8 Å². The molecule has 0 radical (unpaired) electrons. The summed E-state index contributed by atoms with van der Waals surface area (Å²) in [4.78, 5) is 28.6. The van der Waals surface area contributed by atoms with Gasteiger partial charge in [0.05, 0.1) is 0 Å². The number of ether oxygens (including phenoxy) is 1. The first-order valence-electron chi connectivity index (χ1n) is 10.1. The molecular formula is C23H27FN2O3. The molecule has 5 nitrogen and oxygen atoms in total. The number of nitrogens with zero attached hydrogens (tertiary/aromatic N) is 2. The Morgan fingerprint density at radius 2 is 1.59 bits per heavy atom. The highest BCUT2D eigenvalue weighted by molar-refractivity contribution is 5.94. The quantitative estimate of drug-likeness (QED) is 0.748. The Morgan fingerprint density at radius 1 is 0.931 bits per heavy atom.